The molecule has 3 aromatic heterocycles. The van der Waals surface area contributed by atoms with Gasteiger partial charge in [-0.3, -0.25) is 14.2 Å². The van der Waals surface area contributed by atoms with Crippen LogP contribution in [0.15, 0.2) is 47.9 Å². The normalized spacial score (nSPS) is 10.4. The molecule has 0 saturated heterocycles. The van der Waals surface area contributed by atoms with Gasteiger partial charge in [-0.25, -0.2) is 15.0 Å². The zero-order valence-corrected chi connectivity index (χ0v) is 11.6. The van der Waals surface area contributed by atoms with E-state index in [1.54, 1.807) is 29.1 Å². The monoisotopic (exact) mass is 296 g/mol. The predicted octanol–water partition coefficient (Wildman–Crippen LogP) is 0.911. The molecule has 3 heterocycles. The Morgan fingerprint density at radius 3 is 2.91 bits per heavy atom. The van der Waals surface area contributed by atoms with Crippen LogP contribution >= 0.6 is 0 Å². The number of H-pyrrole nitrogens is 1. The van der Waals surface area contributed by atoms with Crippen LogP contribution in [0.25, 0.3) is 5.82 Å². The molecule has 0 saturated carbocycles. The molecule has 0 spiro atoms. The molecule has 0 aliphatic heterocycles. The van der Waals surface area contributed by atoms with Gasteiger partial charge in [0.05, 0.1) is 0 Å². The third-order valence-corrected chi connectivity index (χ3v) is 3.03. The van der Waals surface area contributed by atoms with Crippen molar-refractivity contribution >= 4 is 11.7 Å². The Hall–Kier alpha value is -3.29. The van der Waals surface area contributed by atoms with E-state index in [9.17, 15) is 9.59 Å². The van der Waals surface area contributed by atoms with Crippen molar-refractivity contribution in [2.75, 3.05) is 5.32 Å². The van der Waals surface area contributed by atoms with E-state index in [0.29, 0.717) is 11.6 Å². The summed E-state index contributed by atoms with van der Waals surface area (Å²) in [5.41, 5.74) is -0.443. The van der Waals surface area contributed by atoms with E-state index in [1.165, 1.54) is 18.6 Å². The van der Waals surface area contributed by atoms with Gasteiger partial charge in [-0.05, 0) is 19.1 Å². The molecule has 0 radical (unpaired) electrons. The number of imidazole rings is 1. The van der Waals surface area contributed by atoms with Gasteiger partial charge in [0.2, 0.25) is 0 Å². The van der Waals surface area contributed by atoms with Crippen molar-refractivity contribution < 1.29 is 4.79 Å². The van der Waals surface area contributed by atoms with E-state index in [-0.39, 0.29) is 5.56 Å². The topological polar surface area (TPSA) is 106 Å². The zero-order valence-electron chi connectivity index (χ0n) is 11.6. The second-order valence-electron chi connectivity index (χ2n) is 4.47. The number of nitrogens with zero attached hydrogens (tertiary/aromatic N) is 4. The average Bonchev–Trinajstić information content (AvgIpc) is 2.94. The summed E-state index contributed by atoms with van der Waals surface area (Å²) in [5.74, 6) is 1.10. The van der Waals surface area contributed by atoms with Gasteiger partial charge in [0.15, 0.2) is 0 Å². The van der Waals surface area contributed by atoms with Gasteiger partial charge in [0, 0.05) is 24.7 Å². The van der Waals surface area contributed by atoms with E-state index >= 15 is 0 Å². The standard InChI is InChI=1S/C14H12N6O2/c1-9-15-5-6-20(9)12-7-11(17-8-18-12)19-14(22)10-3-2-4-16-13(10)21/h2-8H,1H3,(H,16,21)(H,17,18,19,22). The minimum atomic E-state index is -0.533. The van der Waals surface area contributed by atoms with Gasteiger partial charge in [-0.2, -0.15) is 0 Å². The van der Waals surface area contributed by atoms with E-state index in [4.69, 9.17) is 0 Å². The van der Waals surface area contributed by atoms with Crippen molar-refractivity contribution in [3.63, 3.8) is 0 Å². The molecule has 0 aromatic carbocycles. The smallest absolute Gasteiger partial charge is 0.262 e. The average molecular weight is 296 g/mol. The molecule has 3 rings (SSSR count). The number of anilines is 1. The molecule has 0 atom stereocenters. The van der Waals surface area contributed by atoms with Crippen LogP contribution in [-0.4, -0.2) is 30.4 Å². The first-order chi connectivity index (χ1) is 10.6. The van der Waals surface area contributed by atoms with Crippen molar-refractivity contribution in [1.82, 2.24) is 24.5 Å². The molecule has 22 heavy (non-hydrogen) atoms. The van der Waals surface area contributed by atoms with Gasteiger partial charge < -0.3 is 10.3 Å². The lowest BCUT2D eigenvalue weighted by Gasteiger charge is -2.07. The molecular formula is C14H12N6O2. The molecule has 0 aliphatic carbocycles. The van der Waals surface area contributed by atoms with Crippen LogP contribution in [0.4, 0.5) is 5.82 Å². The molecule has 0 aliphatic rings. The van der Waals surface area contributed by atoms with Gasteiger partial charge in [0.25, 0.3) is 11.5 Å². The zero-order chi connectivity index (χ0) is 15.5. The number of carbonyl (C=O) groups excluding carboxylic acids is 1. The van der Waals surface area contributed by atoms with Crippen LogP contribution in [0.5, 0.6) is 0 Å². The molecule has 0 bridgehead atoms. The number of pyridine rings is 1. The summed E-state index contributed by atoms with van der Waals surface area (Å²) in [6.07, 6.45) is 6.20. The lowest BCUT2D eigenvalue weighted by molar-refractivity contribution is 0.102. The maximum absolute atomic E-state index is 12.1. The fraction of sp³-hybridized carbons (Fsp3) is 0.0714. The highest BCUT2D eigenvalue weighted by atomic mass is 16.2. The fourth-order valence-electron chi connectivity index (χ4n) is 1.95. The van der Waals surface area contributed by atoms with Crippen LogP contribution in [0, 0.1) is 6.92 Å². The Bertz CT molecular complexity index is 883. The van der Waals surface area contributed by atoms with E-state index in [2.05, 4.69) is 25.3 Å². The molecule has 8 nitrogen and oxygen atoms in total. The number of aryl methyl sites for hydroxylation is 1. The Morgan fingerprint density at radius 2 is 2.18 bits per heavy atom. The molecule has 110 valence electrons. The molecule has 2 N–H and O–H groups in total. The van der Waals surface area contributed by atoms with Crippen molar-refractivity contribution in [2.45, 2.75) is 6.92 Å². The third-order valence-electron chi connectivity index (χ3n) is 3.03. The number of nitrogens with one attached hydrogen (secondary N) is 2. The second-order valence-corrected chi connectivity index (χ2v) is 4.47. The van der Waals surface area contributed by atoms with Crippen molar-refractivity contribution in [1.29, 1.82) is 0 Å². The fourth-order valence-corrected chi connectivity index (χ4v) is 1.95. The lowest BCUT2D eigenvalue weighted by Crippen LogP contribution is -2.23. The first-order valence-corrected chi connectivity index (χ1v) is 6.46. The minimum Gasteiger partial charge on any atom is -0.328 e. The summed E-state index contributed by atoms with van der Waals surface area (Å²) >= 11 is 0. The molecule has 8 heteroatoms. The second kappa shape index (κ2) is 5.60. The van der Waals surface area contributed by atoms with Gasteiger partial charge in [-0.15, -0.1) is 0 Å². The van der Waals surface area contributed by atoms with Crippen LogP contribution < -0.4 is 10.9 Å². The van der Waals surface area contributed by atoms with E-state index < -0.39 is 11.5 Å². The molecule has 1 amide bonds. The van der Waals surface area contributed by atoms with Crippen LogP contribution in [0.2, 0.25) is 0 Å². The number of rotatable bonds is 3. The highest BCUT2D eigenvalue weighted by Crippen LogP contribution is 2.11. The molecule has 0 fully saturated rings. The third kappa shape index (κ3) is 2.62. The van der Waals surface area contributed by atoms with Crippen molar-refractivity contribution in [3.05, 3.63) is 64.9 Å². The van der Waals surface area contributed by atoms with Gasteiger partial charge in [0.1, 0.15) is 29.4 Å². The summed E-state index contributed by atoms with van der Waals surface area (Å²) < 4.78 is 1.76. The minimum absolute atomic E-state index is 0.0153. The summed E-state index contributed by atoms with van der Waals surface area (Å²) in [6, 6.07) is 4.62. The number of hydrogen-bond acceptors (Lipinski definition) is 5. The maximum Gasteiger partial charge on any atom is 0.262 e. The molecule has 0 unspecified atom stereocenters. The van der Waals surface area contributed by atoms with E-state index in [1.807, 2.05) is 6.92 Å². The lowest BCUT2D eigenvalue weighted by atomic mass is 10.2. The Kier molecular flexibility index (Phi) is 3.48. The summed E-state index contributed by atoms with van der Waals surface area (Å²) in [5, 5.41) is 2.58. The van der Waals surface area contributed by atoms with Crippen molar-refractivity contribution in [3.8, 4) is 5.82 Å². The predicted molar refractivity (Wildman–Crippen MR) is 78.9 cm³/mol. The summed E-state index contributed by atoms with van der Waals surface area (Å²) in [7, 11) is 0. The maximum atomic E-state index is 12.1. The highest BCUT2D eigenvalue weighted by molar-refractivity contribution is 6.03. The quantitative estimate of drug-likeness (QED) is 0.747. The van der Waals surface area contributed by atoms with Gasteiger partial charge >= 0.3 is 0 Å². The van der Waals surface area contributed by atoms with Crippen molar-refractivity contribution in [2.24, 2.45) is 0 Å². The number of amides is 1. The summed E-state index contributed by atoms with van der Waals surface area (Å²) in [4.78, 5) is 38.4. The number of hydrogen-bond donors (Lipinski definition) is 2. The first-order valence-electron chi connectivity index (χ1n) is 6.46. The first kappa shape index (κ1) is 13.7. The number of aromatic amines is 1. The molecular weight excluding hydrogens is 284 g/mol. The Balaban J connectivity index is 1.88. The summed E-state index contributed by atoms with van der Waals surface area (Å²) in [6.45, 7) is 1.84. The van der Waals surface area contributed by atoms with Gasteiger partial charge in [-0.1, -0.05) is 0 Å². The number of aromatic nitrogens is 5. The largest absolute Gasteiger partial charge is 0.328 e. The highest BCUT2D eigenvalue weighted by Gasteiger charge is 2.11. The Morgan fingerprint density at radius 1 is 1.32 bits per heavy atom. The Labute approximate surface area is 124 Å². The van der Waals surface area contributed by atoms with Crippen LogP contribution in [-0.2, 0) is 0 Å². The van der Waals surface area contributed by atoms with E-state index in [0.717, 1.165) is 5.82 Å². The van der Waals surface area contributed by atoms with Crippen LogP contribution in [0.3, 0.4) is 0 Å². The SMILES string of the molecule is Cc1nccn1-c1cc(NC(=O)c2ccc[nH]c2=O)ncn1. The number of carbonyl (C=O) groups is 1. The van der Waals surface area contributed by atoms with Crippen LogP contribution in [0.1, 0.15) is 16.2 Å². The molecule has 3 aromatic rings.